The van der Waals surface area contributed by atoms with Gasteiger partial charge in [-0.05, 0) is 43.3 Å². The van der Waals surface area contributed by atoms with Gasteiger partial charge < -0.3 is 5.32 Å². The van der Waals surface area contributed by atoms with Crippen molar-refractivity contribution in [1.82, 2.24) is 10.2 Å². The molecule has 1 atom stereocenters. The maximum absolute atomic E-state index is 3.57. The summed E-state index contributed by atoms with van der Waals surface area (Å²) in [6.07, 6.45) is 5.23. The molecule has 0 bridgehead atoms. The molecule has 0 aromatic carbocycles. The lowest BCUT2D eigenvalue weighted by atomic mass is 10.0. The van der Waals surface area contributed by atoms with Gasteiger partial charge in [0.05, 0.1) is 0 Å². The highest BCUT2D eigenvalue weighted by atomic mass is 32.1. The first-order chi connectivity index (χ1) is 8.83. The Morgan fingerprint density at radius 3 is 3.11 bits per heavy atom. The van der Waals surface area contributed by atoms with Gasteiger partial charge in [0.2, 0.25) is 0 Å². The van der Waals surface area contributed by atoms with Crippen molar-refractivity contribution in [2.45, 2.75) is 45.6 Å². The summed E-state index contributed by atoms with van der Waals surface area (Å²) in [5.74, 6) is 0. The molecule has 102 valence electrons. The zero-order valence-electron chi connectivity index (χ0n) is 11.7. The van der Waals surface area contributed by atoms with E-state index in [2.05, 4.69) is 35.5 Å². The van der Waals surface area contributed by atoms with E-state index in [1.807, 2.05) is 11.3 Å². The van der Waals surface area contributed by atoms with Gasteiger partial charge in [0.1, 0.15) is 0 Å². The molecule has 2 rings (SSSR count). The molecule has 1 aromatic heterocycles. The maximum atomic E-state index is 3.57. The molecule has 18 heavy (non-hydrogen) atoms. The third-order valence-electron chi connectivity index (χ3n) is 3.94. The molecule has 1 aliphatic heterocycles. The Hall–Kier alpha value is -0.380. The van der Waals surface area contributed by atoms with Crippen molar-refractivity contribution in [2.75, 3.05) is 26.2 Å². The number of fused-ring (bicyclic) bond motifs is 1. The second kappa shape index (κ2) is 7.27. The summed E-state index contributed by atoms with van der Waals surface area (Å²) in [6.45, 7) is 9.33. The van der Waals surface area contributed by atoms with Crippen LogP contribution in [0.1, 0.15) is 49.6 Å². The van der Waals surface area contributed by atoms with Crippen molar-refractivity contribution < 1.29 is 0 Å². The molecule has 0 fully saturated rings. The standard InChI is InChI=1S/C15H26N2S/c1-3-4-5-8-16-9-11-17-10-6-15-14(13(17)2)7-12-18-15/h7,12-13,16H,3-6,8-11H2,1-2H3. The molecule has 1 unspecified atom stereocenters. The second-order valence-corrected chi connectivity index (χ2v) is 6.22. The molecule has 0 aliphatic carbocycles. The van der Waals surface area contributed by atoms with Crippen molar-refractivity contribution in [2.24, 2.45) is 0 Å². The van der Waals surface area contributed by atoms with E-state index in [0.717, 1.165) is 6.54 Å². The molecular formula is C15H26N2S. The van der Waals surface area contributed by atoms with Crippen LogP contribution in [0, 0.1) is 0 Å². The van der Waals surface area contributed by atoms with Crippen LogP contribution in [0.5, 0.6) is 0 Å². The molecule has 1 N–H and O–H groups in total. The minimum Gasteiger partial charge on any atom is -0.315 e. The Morgan fingerprint density at radius 2 is 2.28 bits per heavy atom. The highest BCUT2D eigenvalue weighted by Crippen LogP contribution is 2.32. The maximum Gasteiger partial charge on any atom is 0.0331 e. The van der Waals surface area contributed by atoms with Gasteiger partial charge in [-0.3, -0.25) is 4.90 Å². The van der Waals surface area contributed by atoms with Gasteiger partial charge >= 0.3 is 0 Å². The molecule has 0 amide bonds. The normalized spacial score (nSPS) is 20.0. The SMILES string of the molecule is CCCCCNCCN1CCc2sccc2C1C. The van der Waals surface area contributed by atoms with Gasteiger partial charge in [0, 0.05) is 30.6 Å². The third-order valence-corrected chi connectivity index (χ3v) is 4.93. The van der Waals surface area contributed by atoms with Gasteiger partial charge in [-0.15, -0.1) is 11.3 Å². The van der Waals surface area contributed by atoms with Gasteiger partial charge in [0.15, 0.2) is 0 Å². The van der Waals surface area contributed by atoms with Crippen LogP contribution in [0.2, 0.25) is 0 Å². The number of hydrogen-bond donors (Lipinski definition) is 1. The average Bonchev–Trinajstić information content (AvgIpc) is 2.85. The van der Waals surface area contributed by atoms with Crippen LogP contribution in [0.15, 0.2) is 11.4 Å². The summed E-state index contributed by atoms with van der Waals surface area (Å²) in [7, 11) is 0. The van der Waals surface area contributed by atoms with Crippen molar-refractivity contribution in [3.8, 4) is 0 Å². The van der Waals surface area contributed by atoms with Crippen LogP contribution < -0.4 is 5.32 Å². The summed E-state index contributed by atoms with van der Waals surface area (Å²) in [4.78, 5) is 4.22. The van der Waals surface area contributed by atoms with E-state index in [1.165, 1.54) is 45.3 Å². The van der Waals surface area contributed by atoms with Gasteiger partial charge in [0.25, 0.3) is 0 Å². The van der Waals surface area contributed by atoms with Gasteiger partial charge in [-0.25, -0.2) is 0 Å². The average molecular weight is 266 g/mol. The summed E-state index contributed by atoms with van der Waals surface area (Å²) in [6, 6.07) is 2.92. The molecule has 2 nitrogen and oxygen atoms in total. The van der Waals surface area contributed by atoms with E-state index in [0.29, 0.717) is 6.04 Å². The largest absolute Gasteiger partial charge is 0.315 e. The molecule has 0 spiro atoms. The number of nitrogens with zero attached hydrogens (tertiary/aromatic N) is 1. The van der Waals surface area contributed by atoms with Crippen LogP contribution in [0.25, 0.3) is 0 Å². The smallest absolute Gasteiger partial charge is 0.0331 e. The fourth-order valence-electron chi connectivity index (χ4n) is 2.71. The lowest BCUT2D eigenvalue weighted by molar-refractivity contribution is 0.201. The van der Waals surface area contributed by atoms with Gasteiger partial charge in [-0.2, -0.15) is 0 Å². The molecule has 0 saturated carbocycles. The lowest BCUT2D eigenvalue weighted by Crippen LogP contribution is -2.38. The zero-order valence-corrected chi connectivity index (χ0v) is 12.6. The number of hydrogen-bond acceptors (Lipinski definition) is 3. The monoisotopic (exact) mass is 266 g/mol. The van der Waals surface area contributed by atoms with Crippen LogP contribution in [-0.2, 0) is 6.42 Å². The van der Waals surface area contributed by atoms with Gasteiger partial charge in [-0.1, -0.05) is 19.8 Å². The van der Waals surface area contributed by atoms with Crippen LogP contribution in [-0.4, -0.2) is 31.1 Å². The Balaban J connectivity index is 1.68. The van der Waals surface area contributed by atoms with Crippen molar-refractivity contribution in [3.05, 3.63) is 21.9 Å². The van der Waals surface area contributed by atoms with Crippen LogP contribution in [0.3, 0.4) is 0 Å². The van der Waals surface area contributed by atoms with Crippen molar-refractivity contribution in [3.63, 3.8) is 0 Å². The van der Waals surface area contributed by atoms with E-state index >= 15 is 0 Å². The third kappa shape index (κ3) is 3.56. The first kappa shape index (κ1) is 14.0. The van der Waals surface area contributed by atoms with Crippen LogP contribution >= 0.6 is 11.3 Å². The summed E-state index contributed by atoms with van der Waals surface area (Å²) in [5, 5.41) is 5.81. The quantitative estimate of drug-likeness (QED) is 0.761. The Labute approximate surface area is 115 Å². The minimum absolute atomic E-state index is 0.609. The van der Waals surface area contributed by atoms with E-state index < -0.39 is 0 Å². The predicted octanol–water partition coefficient (Wildman–Crippen LogP) is 3.45. The Bertz CT molecular complexity index is 348. The fourth-order valence-corrected chi connectivity index (χ4v) is 3.68. The first-order valence-electron chi connectivity index (χ1n) is 7.34. The fraction of sp³-hybridized carbons (Fsp3) is 0.733. The zero-order chi connectivity index (χ0) is 12.8. The molecule has 2 heterocycles. The van der Waals surface area contributed by atoms with E-state index in [1.54, 1.807) is 10.4 Å². The number of thiophene rings is 1. The summed E-state index contributed by atoms with van der Waals surface area (Å²) >= 11 is 1.93. The molecule has 1 aromatic rings. The number of nitrogens with one attached hydrogen (secondary N) is 1. The van der Waals surface area contributed by atoms with E-state index in [-0.39, 0.29) is 0 Å². The minimum atomic E-state index is 0.609. The van der Waals surface area contributed by atoms with Crippen molar-refractivity contribution >= 4 is 11.3 Å². The molecule has 3 heteroatoms. The van der Waals surface area contributed by atoms with Crippen molar-refractivity contribution in [1.29, 1.82) is 0 Å². The van der Waals surface area contributed by atoms with E-state index in [4.69, 9.17) is 0 Å². The number of rotatable bonds is 7. The molecule has 0 saturated heterocycles. The summed E-state index contributed by atoms with van der Waals surface area (Å²) < 4.78 is 0. The second-order valence-electron chi connectivity index (χ2n) is 5.22. The predicted molar refractivity (Wildman–Crippen MR) is 80.4 cm³/mol. The Kier molecular flexibility index (Phi) is 5.67. The van der Waals surface area contributed by atoms with Crippen LogP contribution in [0.4, 0.5) is 0 Å². The molecule has 1 aliphatic rings. The Morgan fingerprint density at radius 1 is 1.39 bits per heavy atom. The lowest BCUT2D eigenvalue weighted by Gasteiger charge is -2.33. The molecule has 0 radical (unpaired) electrons. The topological polar surface area (TPSA) is 15.3 Å². The summed E-state index contributed by atoms with van der Waals surface area (Å²) in [5.41, 5.74) is 1.57. The highest BCUT2D eigenvalue weighted by Gasteiger charge is 2.23. The highest BCUT2D eigenvalue weighted by molar-refractivity contribution is 7.10. The first-order valence-corrected chi connectivity index (χ1v) is 8.22. The van der Waals surface area contributed by atoms with E-state index in [9.17, 15) is 0 Å². The number of unbranched alkanes of at least 4 members (excludes halogenated alkanes) is 2. The molecular weight excluding hydrogens is 240 g/mol.